The fourth-order valence-electron chi connectivity index (χ4n) is 2.31. The first-order chi connectivity index (χ1) is 11.6. The summed E-state index contributed by atoms with van der Waals surface area (Å²) >= 11 is 4.21. The minimum atomic E-state index is -0.435. The largest absolute Gasteiger partial charge is 0.352 e. The van der Waals surface area contributed by atoms with Crippen molar-refractivity contribution in [2.45, 2.75) is 4.90 Å². The van der Waals surface area contributed by atoms with E-state index in [1.54, 1.807) is 48.5 Å². The van der Waals surface area contributed by atoms with Crippen LogP contribution >= 0.6 is 12.6 Å². The van der Waals surface area contributed by atoms with Crippen LogP contribution in [0, 0.1) is 11.2 Å². The molecule has 0 aliphatic heterocycles. The lowest BCUT2D eigenvalue weighted by atomic mass is 10.0. The molecule has 0 radical (unpaired) electrons. The number of pyridine rings is 1. The van der Waals surface area contributed by atoms with E-state index >= 15 is 0 Å². The molecule has 0 aliphatic rings. The zero-order chi connectivity index (χ0) is 17.1. The van der Waals surface area contributed by atoms with Gasteiger partial charge in [-0.05, 0) is 30.3 Å². The second-order valence-electron chi connectivity index (χ2n) is 5.12. The van der Waals surface area contributed by atoms with E-state index < -0.39 is 11.4 Å². The Kier molecular flexibility index (Phi) is 4.48. The van der Waals surface area contributed by atoms with E-state index in [4.69, 9.17) is 5.41 Å². The van der Waals surface area contributed by atoms with E-state index in [0.717, 1.165) is 4.90 Å². The Morgan fingerprint density at radius 3 is 2.46 bits per heavy atom. The van der Waals surface area contributed by atoms with Gasteiger partial charge in [-0.15, -0.1) is 12.6 Å². The number of benzene rings is 2. The second-order valence-corrected chi connectivity index (χ2v) is 5.64. The third kappa shape index (κ3) is 3.23. The Balaban J connectivity index is 2.05. The van der Waals surface area contributed by atoms with Gasteiger partial charge in [0, 0.05) is 16.7 Å². The molecule has 2 aromatic carbocycles. The molecule has 0 atom stereocenters. The summed E-state index contributed by atoms with van der Waals surface area (Å²) in [5, 5.41) is 11.3. The minimum Gasteiger partial charge on any atom is -0.352 e. The van der Waals surface area contributed by atoms with Gasteiger partial charge in [-0.1, -0.05) is 24.3 Å². The molecule has 0 fully saturated rings. The van der Waals surface area contributed by atoms with Crippen LogP contribution < -0.4 is 10.9 Å². The van der Waals surface area contributed by atoms with Crippen LogP contribution in [0.25, 0.3) is 0 Å². The maximum atomic E-state index is 13.9. The highest BCUT2D eigenvalue weighted by atomic mass is 32.1. The SMILES string of the molecule is N=C(c1ccc(S)cc1)c1c(Nc2ccccc2F)cc[nH]c1=O. The van der Waals surface area contributed by atoms with Gasteiger partial charge < -0.3 is 10.3 Å². The predicted octanol–water partition coefficient (Wildman–Crippen LogP) is 3.96. The van der Waals surface area contributed by atoms with Crippen LogP contribution in [0.1, 0.15) is 11.1 Å². The fraction of sp³-hybridized carbons (Fsp3) is 0. The third-order valence-corrected chi connectivity index (χ3v) is 3.81. The molecule has 0 saturated heterocycles. The number of nitrogens with one attached hydrogen (secondary N) is 3. The summed E-state index contributed by atoms with van der Waals surface area (Å²) in [5.74, 6) is -0.435. The lowest BCUT2D eigenvalue weighted by Gasteiger charge is -2.13. The number of H-pyrrole nitrogens is 1. The summed E-state index contributed by atoms with van der Waals surface area (Å²) in [6, 6.07) is 14.7. The molecule has 120 valence electrons. The molecule has 0 spiro atoms. The van der Waals surface area contributed by atoms with Crippen LogP contribution in [0.15, 0.2) is 70.5 Å². The van der Waals surface area contributed by atoms with Gasteiger partial charge in [0.15, 0.2) is 0 Å². The molecule has 0 bridgehead atoms. The van der Waals surface area contributed by atoms with Gasteiger partial charge in [-0.3, -0.25) is 10.2 Å². The Morgan fingerprint density at radius 2 is 1.75 bits per heavy atom. The molecule has 3 N–H and O–H groups in total. The summed E-state index contributed by atoms with van der Waals surface area (Å²) in [5.41, 5.74) is 0.945. The highest BCUT2D eigenvalue weighted by Crippen LogP contribution is 2.23. The second kappa shape index (κ2) is 6.72. The molecule has 24 heavy (non-hydrogen) atoms. The summed E-state index contributed by atoms with van der Waals surface area (Å²) in [7, 11) is 0. The Bertz CT molecular complexity index is 951. The monoisotopic (exact) mass is 339 g/mol. The van der Waals surface area contributed by atoms with E-state index in [1.807, 2.05) is 0 Å². The molecule has 3 rings (SSSR count). The average Bonchev–Trinajstić information content (AvgIpc) is 2.57. The molecule has 1 aromatic heterocycles. The standard InChI is InChI=1S/C18H14FN3OS/c19-13-3-1-2-4-14(13)22-15-9-10-21-18(23)16(15)17(20)11-5-7-12(24)8-6-11/h1-10,20,24H,(H2,21,22,23). The number of hydrogen-bond acceptors (Lipinski definition) is 4. The van der Waals surface area contributed by atoms with Gasteiger partial charge >= 0.3 is 0 Å². The quantitative estimate of drug-likeness (QED) is 0.429. The topological polar surface area (TPSA) is 68.7 Å². The highest BCUT2D eigenvalue weighted by Gasteiger charge is 2.15. The first-order valence-electron chi connectivity index (χ1n) is 7.18. The molecule has 6 heteroatoms. The smallest absolute Gasteiger partial charge is 0.259 e. The number of hydrogen-bond donors (Lipinski definition) is 4. The molecule has 0 amide bonds. The number of rotatable bonds is 4. The van der Waals surface area contributed by atoms with Crippen LogP contribution in [-0.2, 0) is 0 Å². The molecule has 0 unspecified atom stereocenters. The van der Waals surface area contributed by atoms with Crippen molar-refractivity contribution in [1.82, 2.24) is 4.98 Å². The maximum Gasteiger partial charge on any atom is 0.259 e. The van der Waals surface area contributed by atoms with Crippen LogP contribution in [0.5, 0.6) is 0 Å². The van der Waals surface area contributed by atoms with Crippen molar-refractivity contribution in [1.29, 1.82) is 5.41 Å². The van der Waals surface area contributed by atoms with Crippen molar-refractivity contribution >= 4 is 29.7 Å². The molecule has 3 aromatic rings. The van der Waals surface area contributed by atoms with Crippen molar-refractivity contribution in [2.75, 3.05) is 5.32 Å². The van der Waals surface area contributed by atoms with E-state index in [0.29, 0.717) is 11.3 Å². The lowest BCUT2D eigenvalue weighted by Crippen LogP contribution is -2.20. The Hall–Kier alpha value is -2.86. The lowest BCUT2D eigenvalue weighted by molar-refractivity contribution is 0.632. The van der Waals surface area contributed by atoms with Crippen molar-refractivity contribution in [3.8, 4) is 0 Å². The van der Waals surface area contributed by atoms with Crippen molar-refractivity contribution in [3.63, 3.8) is 0 Å². The van der Waals surface area contributed by atoms with Crippen molar-refractivity contribution < 1.29 is 4.39 Å². The number of para-hydroxylation sites is 1. The van der Waals surface area contributed by atoms with Crippen molar-refractivity contribution in [2.24, 2.45) is 0 Å². The van der Waals surface area contributed by atoms with Crippen LogP contribution in [-0.4, -0.2) is 10.7 Å². The predicted molar refractivity (Wildman–Crippen MR) is 96.4 cm³/mol. The van der Waals surface area contributed by atoms with Gasteiger partial charge in [0.1, 0.15) is 5.82 Å². The van der Waals surface area contributed by atoms with E-state index in [2.05, 4.69) is 22.9 Å². The number of anilines is 2. The molecule has 0 aliphatic carbocycles. The summed E-state index contributed by atoms with van der Waals surface area (Å²) in [4.78, 5) is 15.6. The molecular formula is C18H14FN3OS. The number of aromatic nitrogens is 1. The first kappa shape index (κ1) is 16.0. The maximum absolute atomic E-state index is 13.9. The Labute approximate surface area is 143 Å². The number of halogens is 1. The summed E-state index contributed by atoms with van der Waals surface area (Å²) < 4.78 is 13.9. The van der Waals surface area contributed by atoms with Gasteiger partial charge in [0.25, 0.3) is 5.56 Å². The van der Waals surface area contributed by atoms with E-state index in [-0.39, 0.29) is 17.0 Å². The summed E-state index contributed by atoms with van der Waals surface area (Å²) in [6.45, 7) is 0. The number of thiol groups is 1. The van der Waals surface area contributed by atoms with Gasteiger partial charge in [0.2, 0.25) is 0 Å². The average molecular weight is 339 g/mol. The molecular weight excluding hydrogens is 325 g/mol. The Morgan fingerprint density at radius 1 is 1.04 bits per heavy atom. The van der Waals surface area contributed by atoms with Crippen LogP contribution in [0.4, 0.5) is 15.8 Å². The minimum absolute atomic E-state index is 0.0454. The summed E-state index contributed by atoms with van der Waals surface area (Å²) in [6.07, 6.45) is 1.46. The molecule has 1 heterocycles. The van der Waals surface area contributed by atoms with Crippen molar-refractivity contribution in [3.05, 3.63) is 88.1 Å². The molecule has 4 nitrogen and oxygen atoms in total. The van der Waals surface area contributed by atoms with E-state index in [9.17, 15) is 9.18 Å². The van der Waals surface area contributed by atoms with E-state index in [1.165, 1.54) is 12.3 Å². The zero-order valence-corrected chi connectivity index (χ0v) is 13.4. The van der Waals surface area contributed by atoms with Gasteiger partial charge in [-0.25, -0.2) is 4.39 Å². The molecule has 0 saturated carbocycles. The normalized spacial score (nSPS) is 10.4. The highest BCUT2D eigenvalue weighted by molar-refractivity contribution is 7.80. The fourth-order valence-corrected chi connectivity index (χ4v) is 2.46. The van der Waals surface area contributed by atoms with Gasteiger partial charge in [0.05, 0.1) is 22.6 Å². The van der Waals surface area contributed by atoms with Crippen LogP contribution in [0.3, 0.4) is 0 Å². The van der Waals surface area contributed by atoms with Gasteiger partial charge in [-0.2, -0.15) is 0 Å². The first-order valence-corrected chi connectivity index (χ1v) is 7.62. The third-order valence-electron chi connectivity index (χ3n) is 3.51. The zero-order valence-electron chi connectivity index (χ0n) is 12.5. The van der Waals surface area contributed by atoms with Crippen LogP contribution in [0.2, 0.25) is 0 Å². The number of aromatic amines is 1.